The molecule has 6 nitrogen and oxygen atoms in total. The van der Waals surface area contributed by atoms with Gasteiger partial charge >= 0.3 is 0 Å². The summed E-state index contributed by atoms with van der Waals surface area (Å²) in [5.74, 6) is 0.843. The minimum absolute atomic E-state index is 0.247. The van der Waals surface area contributed by atoms with Crippen molar-refractivity contribution in [2.24, 2.45) is 0 Å². The van der Waals surface area contributed by atoms with E-state index in [1.165, 1.54) is 0 Å². The number of carbonyl (C=O) groups is 1. The highest BCUT2D eigenvalue weighted by molar-refractivity contribution is 6.05. The van der Waals surface area contributed by atoms with Gasteiger partial charge in [-0.1, -0.05) is 0 Å². The van der Waals surface area contributed by atoms with Crippen LogP contribution in [0.15, 0.2) is 30.5 Å². The van der Waals surface area contributed by atoms with Gasteiger partial charge in [0.2, 0.25) is 5.88 Å². The van der Waals surface area contributed by atoms with Gasteiger partial charge in [-0.05, 0) is 38.1 Å². The van der Waals surface area contributed by atoms with Gasteiger partial charge in [-0.3, -0.25) is 9.48 Å². The smallest absolute Gasteiger partial charge is 0.262 e. The van der Waals surface area contributed by atoms with Gasteiger partial charge in [0.1, 0.15) is 11.3 Å². The van der Waals surface area contributed by atoms with Crippen LogP contribution in [0.1, 0.15) is 24.2 Å². The van der Waals surface area contributed by atoms with E-state index in [2.05, 4.69) is 10.4 Å². The van der Waals surface area contributed by atoms with E-state index >= 15 is 0 Å². The molecular weight excluding hydrogens is 270 g/mol. The van der Waals surface area contributed by atoms with Crippen molar-refractivity contribution in [1.29, 1.82) is 0 Å². The summed E-state index contributed by atoms with van der Waals surface area (Å²) in [7, 11) is 1.60. The Labute approximate surface area is 123 Å². The summed E-state index contributed by atoms with van der Waals surface area (Å²) < 4.78 is 12.2. The molecule has 2 rings (SSSR count). The van der Waals surface area contributed by atoms with Gasteiger partial charge in [-0.2, -0.15) is 0 Å². The maximum absolute atomic E-state index is 12.3. The summed E-state index contributed by atoms with van der Waals surface area (Å²) in [4.78, 5) is 12.3. The lowest BCUT2D eigenvalue weighted by atomic mass is 10.2. The van der Waals surface area contributed by atoms with Crippen molar-refractivity contribution in [2.75, 3.05) is 19.0 Å². The first-order chi connectivity index (χ1) is 10.2. The quantitative estimate of drug-likeness (QED) is 0.887. The molecule has 0 saturated carbocycles. The number of carbonyl (C=O) groups excluding carboxylic acids is 1. The molecule has 0 bridgehead atoms. The average Bonchev–Trinajstić information content (AvgIpc) is 2.92. The average molecular weight is 289 g/mol. The first kappa shape index (κ1) is 14.9. The van der Waals surface area contributed by atoms with Gasteiger partial charge in [-0.15, -0.1) is 5.10 Å². The topological polar surface area (TPSA) is 65.4 Å². The Morgan fingerprint density at radius 3 is 2.57 bits per heavy atom. The number of methoxy groups -OCH3 is 1. The Balaban J connectivity index is 2.16. The minimum atomic E-state index is -0.247. The van der Waals surface area contributed by atoms with E-state index < -0.39 is 0 Å². The van der Waals surface area contributed by atoms with Gasteiger partial charge in [0.25, 0.3) is 5.91 Å². The lowest BCUT2D eigenvalue weighted by molar-refractivity contribution is 0.102. The van der Waals surface area contributed by atoms with Crippen LogP contribution in [0.25, 0.3) is 0 Å². The zero-order valence-electron chi connectivity index (χ0n) is 12.4. The summed E-state index contributed by atoms with van der Waals surface area (Å²) >= 11 is 0. The van der Waals surface area contributed by atoms with E-state index in [4.69, 9.17) is 9.47 Å². The highest BCUT2D eigenvalue weighted by atomic mass is 16.5. The molecule has 0 aliphatic rings. The molecule has 1 N–H and O–H groups in total. The van der Waals surface area contributed by atoms with Gasteiger partial charge in [0, 0.05) is 18.4 Å². The van der Waals surface area contributed by atoms with Gasteiger partial charge in [-0.25, -0.2) is 0 Å². The highest BCUT2D eigenvalue weighted by Gasteiger charge is 2.17. The number of amides is 1. The highest BCUT2D eigenvalue weighted by Crippen LogP contribution is 2.20. The van der Waals surface area contributed by atoms with Crippen molar-refractivity contribution in [3.05, 3.63) is 36.0 Å². The number of aryl methyl sites for hydroxylation is 1. The van der Waals surface area contributed by atoms with Crippen LogP contribution < -0.4 is 14.8 Å². The molecule has 0 saturated heterocycles. The van der Waals surface area contributed by atoms with E-state index in [0.29, 0.717) is 30.3 Å². The van der Waals surface area contributed by atoms with Crippen LogP contribution in [-0.2, 0) is 6.54 Å². The number of hydrogen-bond donors (Lipinski definition) is 1. The second-order valence-corrected chi connectivity index (χ2v) is 4.32. The van der Waals surface area contributed by atoms with Crippen molar-refractivity contribution in [1.82, 2.24) is 9.78 Å². The first-order valence-electron chi connectivity index (χ1n) is 6.83. The number of ether oxygens (including phenoxy) is 2. The molecule has 0 radical (unpaired) electrons. The Bertz CT molecular complexity index is 605. The number of hydrogen-bond acceptors (Lipinski definition) is 4. The fraction of sp³-hybridized carbons (Fsp3) is 0.333. The summed E-state index contributed by atoms with van der Waals surface area (Å²) in [6.07, 6.45) is 1.68. The molecule has 0 spiro atoms. The van der Waals surface area contributed by atoms with Crippen LogP contribution in [0.5, 0.6) is 11.6 Å². The predicted molar refractivity (Wildman–Crippen MR) is 80.0 cm³/mol. The van der Waals surface area contributed by atoms with Crippen LogP contribution in [0.2, 0.25) is 0 Å². The maximum atomic E-state index is 12.3. The SMILES string of the molecule is CCOc1nn(CC)cc1C(=O)Nc1ccc(OC)cc1. The molecule has 0 aliphatic carbocycles. The van der Waals surface area contributed by atoms with Crippen LogP contribution in [0.3, 0.4) is 0 Å². The monoisotopic (exact) mass is 289 g/mol. The second-order valence-electron chi connectivity index (χ2n) is 4.32. The third-order valence-corrected chi connectivity index (χ3v) is 2.93. The largest absolute Gasteiger partial charge is 0.497 e. The van der Waals surface area contributed by atoms with Crippen LogP contribution in [0.4, 0.5) is 5.69 Å². The standard InChI is InChI=1S/C15H19N3O3/c1-4-18-10-13(15(17-18)21-5-2)14(19)16-11-6-8-12(20-3)9-7-11/h6-10H,4-5H2,1-3H3,(H,16,19). The van der Waals surface area contributed by atoms with Crippen molar-refractivity contribution in [2.45, 2.75) is 20.4 Å². The molecule has 1 heterocycles. The first-order valence-corrected chi connectivity index (χ1v) is 6.83. The van der Waals surface area contributed by atoms with Crippen LogP contribution >= 0.6 is 0 Å². The fourth-order valence-electron chi connectivity index (χ4n) is 1.84. The number of rotatable bonds is 6. The number of nitrogens with zero attached hydrogens (tertiary/aromatic N) is 2. The zero-order valence-corrected chi connectivity index (χ0v) is 12.4. The van der Waals surface area contributed by atoms with E-state index in [9.17, 15) is 4.79 Å². The predicted octanol–water partition coefficient (Wildman–Crippen LogP) is 2.56. The molecular formula is C15H19N3O3. The molecule has 1 amide bonds. The molecule has 112 valence electrons. The third kappa shape index (κ3) is 3.53. The van der Waals surface area contributed by atoms with Gasteiger partial charge < -0.3 is 14.8 Å². The van der Waals surface area contributed by atoms with Gasteiger partial charge in [0.15, 0.2) is 0 Å². The molecule has 0 aliphatic heterocycles. The van der Waals surface area contributed by atoms with Crippen LogP contribution in [0, 0.1) is 0 Å². The molecule has 2 aromatic rings. The molecule has 0 atom stereocenters. The van der Waals surface area contributed by atoms with Crippen LogP contribution in [-0.4, -0.2) is 29.4 Å². The van der Waals surface area contributed by atoms with E-state index in [1.807, 2.05) is 13.8 Å². The van der Waals surface area contributed by atoms with Crippen molar-refractivity contribution in [3.63, 3.8) is 0 Å². The maximum Gasteiger partial charge on any atom is 0.262 e. The number of nitrogens with one attached hydrogen (secondary N) is 1. The second kappa shape index (κ2) is 6.78. The third-order valence-electron chi connectivity index (χ3n) is 2.93. The number of anilines is 1. The molecule has 1 aromatic carbocycles. The fourth-order valence-corrected chi connectivity index (χ4v) is 1.84. The van der Waals surface area contributed by atoms with E-state index in [-0.39, 0.29) is 5.91 Å². The van der Waals surface area contributed by atoms with Crippen molar-refractivity contribution in [3.8, 4) is 11.6 Å². The number of benzene rings is 1. The Kier molecular flexibility index (Phi) is 4.81. The summed E-state index contributed by atoms with van der Waals surface area (Å²) in [5.41, 5.74) is 1.11. The Morgan fingerprint density at radius 1 is 1.29 bits per heavy atom. The number of aromatic nitrogens is 2. The minimum Gasteiger partial charge on any atom is -0.497 e. The molecule has 21 heavy (non-hydrogen) atoms. The van der Waals surface area contributed by atoms with E-state index in [1.54, 1.807) is 42.3 Å². The van der Waals surface area contributed by atoms with Crippen molar-refractivity contribution >= 4 is 11.6 Å². The molecule has 1 aromatic heterocycles. The summed E-state index contributed by atoms with van der Waals surface area (Å²) in [6.45, 7) is 4.95. The molecule has 0 unspecified atom stereocenters. The lowest BCUT2D eigenvalue weighted by Crippen LogP contribution is -2.12. The summed E-state index contributed by atoms with van der Waals surface area (Å²) in [5, 5.41) is 7.04. The Hall–Kier alpha value is -2.50. The van der Waals surface area contributed by atoms with E-state index in [0.717, 1.165) is 5.75 Å². The van der Waals surface area contributed by atoms with Crippen molar-refractivity contribution < 1.29 is 14.3 Å². The summed E-state index contributed by atoms with van der Waals surface area (Å²) in [6, 6.07) is 7.13. The zero-order chi connectivity index (χ0) is 15.2. The van der Waals surface area contributed by atoms with Gasteiger partial charge in [0.05, 0.1) is 13.7 Å². The molecule has 0 fully saturated rings. The lowest BCUT2D eigenvalue weighted by Gasteiger charge is -2.06. The normalized spacial score (nSPS) is 10.2. The Morgan fingerprint density at radius 2 is 2.00 bits per heavy atom. The molecule has 6 heteroatoms.